The molecular weight excluding hydrogens is 308 g/mol. The standard InChI is InChI=1S/C18H28N2O2S/c1-12(2)15-9-7-8-10-16(15)22-11-17(21)19-18(23)20(13(3)4)14(5)6/h7-10,12-14H,11H2,1-6H3,(H,19,21,23). The second kappa shape index (κ2) is 8.87. The first-order chi connectivity index (χ1) is 10.7. The summed E-state index contributed by atoms with van der Waals surface area (Å²) in [5, 5.41) is 3.20. The summed E-state index contributed by atoms with van der Waals surface area (Å²) in [4.78, 5) is 14.1. The molecule has 0 bridgehead atoms. The van der Waals surface area contributed by atoms with Crippen LogP contribution in [0.5, 0.6) is 5.75 Å². The molecule has 0 aliphatic carbocycles. The number of para-hydroxylation sites is 1. The van der Waals surface area contributed by atoms with Gasteiger partial charge in [0.2, 0.25) is 0 Å². The molecule has 0 fully saturated rings. The molecule has 0 unspecified atom stereocenters. The number of hydrogen-bond acceptors (Lipinski definition) is 3. The first kappa shape index (κ1) is 19.4. The first-order valence-corrected chi connectivity index (χ1v) is 8.48. The second-order valence-corrected chi connectivity index (χ2v) is 6.82. The Morgan fingerprint density at radius 3 is 2.22 bits per heavy atom. The van der Waals surface area contributed by atoms with Crippen molar-refractivity contribution >= 4 is 23.2 Å². The number of hydrogen-bond donors (Lipinski definition) is 1. The Morgan fingerprint density at radius 2 is 1.70 bits per heavy atom. The number of benzene rings is 1. The number of ether oxygens (including phenoxy) is 1. The van der Waals surface area contributed by atoms with Crippen LogP contribution in [0.15, 0.2) is 24.3 Å². The van der Waals surface area contributed by atoms with E-state index in [0.29, 0.717) is 11.0 Å². The Kier molecular flexibility index (Phi) is 7.49. The van der Waals surface area contributed by atoms with E-state index < -0.39 is 0 Å². The van der Waals surface area contributed by atoms with E-state index in [2.05, 4.69) is 19.2 Å². The molecule has 0 aliphatic rings. The van der Waals surface area contributed by atoms with Crippen molar-refractivity contribution in [2.75, 3.05) is 6.61 Å². The van der Waals surface area contributed by atoms with Crippen molar-refractivity contribution in [2.24, 2.45) is 0 Å². The van der Waals surface area contributed by atoms with E-state index in [1.54, 1.807) is 0 Å². The quantitative estimate of drug-likeness (QED) is 0.804. The Labute approximate surface area is 145 Å². The van der Waals surface area contributed by atoms with Crippen LogP contribution in [0.4, 0.5) is 0 Å². The highest BCUT2D eigenvalue weighted by atomic mass is 32.1. The number of nitrogens with one attached hydrogen (secondary N) is 1. The number of rotatable bonds is 6. The summed E-state index contributed by atoms with van der Waals surface area (Å²) in [6.07, 6.45) is 0. The van der Waals surface area contributed by atoms with Gasteiger partial charge in [0.25, 0.3) is 5.91 Å². The van der Waals surface area contributed by atoms with Crippen molar-refractivity contribution < 1.29 is 9.53 Å². The van der Waals surface area contributed by atoms with Crippen LogP contribution in [0.3, 0.4) is 0 Å². The SMILES string of the molecule is CC(C)c1ccccc1OCC(=O)NC(=S)N(C(C)C)C(C)C. The zero-order valence-corrected chi connectivity index (χ0v) is 15.7. The Morgan fingerprint density at radius 1 is 1.13 bits per heavy atom. The maximum Gasteiger partial charge on any atom is 0.264 e. The van der Waals surface area contributed by atoms with Crippen LogP contribution in [0.1, 0.15) is 53.0 Å². The molecule has 1 rings (SSSR count). The van der Waals surface area contributed by atoms with E-state index in [1.165, 1.54) is 0 Å². The lowest BCUT2D eigenvalue weighted by molar-refractivity contribution is -0.121. The minimum absolute atomic E-state index is 0.0477. The number of carbonyl (C=O) groups is 1. The van der Waals surface area contributed by atoms with Crippen LogP contribution in [0, 0.1) is 0 Å². The van der Waals surface area contributed by atoms with E-state index >= 15 is 0 Å². The summed E-state index contributed by atoms with van der Waals surface area (Å²) >= 11 is 5.34. The Hall–Kier alpha value is -1.62. The molecule has 0 saturated heterocycles. The topological polar surface area (TPSA) is 41.6 Å². The third-order valence-corrected chi connectivity index (χ3v) is 3.81. The van der Waals surface area contributed by atoms with E-state index in [9.17, 15) is 4.79 Å². The smallest absolute Gasteiger partial charge is 0.264 e. The lowest BCUT2D eigenvalue weighted by atomic mass is 10.0. The van der Waals surface area contributed by atoms with Crippen molar-refractivity contribution in [2.45, 2.75) is 59.5 Å². The molecule has 0 aromatic heterocycles. The summed E-state index contributed by atoms with van der Waals surface area (Å²) < 4.78 is 5.67. The molecule has 128 valence electrons. The van der Waals surface area contributed by atoms with Gasteiger partial charge in [0, 0.05) is 12.1 Å². The van der Waals surface area contributed by atoms with Crippen LogP contribution < -0.4 is 10.1 Å². The molecule has 0 atom stereocenters. The number of amides is 1. The van der Waals surface area contributed by atoms with Crippen LogP contribution in [0.2, 0.25) is 0 Å². The van der Waals surface area contributed by atoms with Crippen LogP contribution in [0.25, 0.3) is 0 Å². The molecule has 1 N–H and O–H groups in total. The van der Waals surface area contributed by atoms with E-state index in [0.717, 1.165) is 11.3 Å². The molecule has 1 aromatic carbocycles. The van der Waals surface area contributed by atoms with Gasteiger partial charge in [0.1, 0.15) is 5.75 Å². The molecule has 0 heterocycles. The van der Waals surface area contributed by atoms with Gasteiger partial charge in [-0.2, -0.15) is 0 Å². The van der Waals surface area contributed by atoms with Crippen LogP contribution in [-0.4, -0.2) is 34.6 Å². The molecule has 0 saturated carbocycles. The molecule has 0 aliphatic heterocycles. The largest absolute Gasteiger partial charge is 0.483 e. The van der Waals surface area contributed by atoms with Gasteiger partial charge in [0.05, 0.1) is 0 Å². The highest BCUT2D eigenvalue weighted by Gasteiger charge is 2.19. The van der Waals surface area contributed by atoms with Crippen molar-refractivity contribution in [1.29, 1.82) is 0 Å². The van der Waals surface area contributed by atoms with Gasteiger partial charge in [-0.1, -0.05) is 32.0 Å². The summed E-state index contributed by atoms with van der Waals surface area (Å²) in [6, 6.07) is 8.23. The lowest BCUT2D eigenvalue weighted by Crippen LogP contribution is -2.50. The van der Waals surface area contributed by atoms with Gasteiger partial charge in [-0.15, -0.1) is 0 Å². The monoisotopic (exact) mass is 336 g/mol. The highest BCUT2D eigenvalue weighted by molar-refractivity contribution is 7.80. The fourth-order valence-corrected chi connectivity index (χ4v) is 3.05. The van der Waals surface area contributed by atoms with Crippen molar-refractivity contribution in [3.63, 3.8) is 0 Å². The predicted octanol–water partition coefficient (Wildman–Crippen LogP) is 3.71. The van der Waals surface area contributed by atoms with E-state index in [4.69, 9.17) is 17.0 Å². The van der Waals surface area contributed by atoms with Crippen molar-refractivity contribution in [3.05, 3.63) is 29.8 Å². The van der Waals surface area contributed by atoms with Crippen molar-refractivity contribution in [3.8, 4) is 5.75 Å². The number of thiocarbonyl (C=S) groups is 1. The third kappa shape index (κ3) is 5.82. The Bertz CT molecular complexity index is 534. The molecule has 1 aromatic rings. The highest BCUT2D eigenvalue weighted by Crippen LogP contribution is 2.25. The van der Waals surface area contributed by atoms with Gasteiger partial charge in [-0.05, 0) is 57.5 Å². The maximum absolute atomic E-state index is 12.1. The van der Waals surface area contributed by atoms with Gasteiger partial charge in [0.15, 0.2) is 11.7 Å². The zero-order valence-electron chi connectivity index (χ0n) is 14.9. The van der Waals surface area contributed by atoms with Crippen molar-refractivity contribution in [1.82, 2.24) is 10.2 Å². The molecule has 0 radical (unpaired) electrons. The zero-order chi connectivity index (χ0) is 17.6. The number of nitrogens with zero attached hydrogens (tertiary/aromatic N) is 1. The average molecular weight is 337 g/mol. The fraction of sp³-hybridized carbons (Fsp3) is 0.556. The van der Waals surface area contributed by atoms with Crippen LogP contribution in [-0.2, 0) is 4.79 Å². The molecular formula is C18H28N2O2S. The average Bonchev–Trinajstić information content (AvgIpc) is 2.44. The summed E-state index contributed by atoms with van der Waals surface area (Å²) in [5.74, 6) is 0.848. The first-order valence-electron chi connectivity index (χ1n) is 8.07. The molecule has 4 nitrogen and oxygen atoms in total. The summed E-state index contributed by atoms with van der Waals surface area (Å²) in [7, 11) is 0. The van der Waals surface area contributed by atoms with Crippen LogP contribution >= 0.6 is 12.2 Å². The van der Waals surface area contributed by atoms with Gasteiger partial charge in [-0.25, -0.2) is 0 Å². The summed E-state index contributed by atoms with van der Waals surface area (Å²) in [5.41, 5.74) is 1.09. The van der Waals surface area contributed by atoms with Gasteiger partial charge >= 0.3 is 0 Å². The fourth-order valence-electron chi connectivity index (χ4n) is 2.52. The van der Waals surface area contributed by atoms with E-state index in [-0.39, 0.29) is 24.6 Å². The predicted molar refractivity (Wildman–Crippen MR) is 98.9 cm³/mol. The lowest BCUT2D eigenvalue weighted by Gasteiger charge is -2.32. The normalized spacial score (nSPS) is 11.0. The van der Waals surface area contributed by atoms with E-state index in [1.807, 2.05) is 56.9 Å². The molecule has 0 spiro atoms. The minimum atomic E-state index is -0.236. The Balaban J connectivity index is 2.63. The summed E-state index contributed by atoms with van der Waals surface area (Å²) in [6.45, 7) is 12.3. The second-order valence-electron chi connectivity index (χ2n) is 6.43. The van der Waals surface area contributed by atoms with Gasteiger partial charge < -0.3 is 15.0 Å². The minimum Gasteiger partial charge on any atom is -0.483 e. The molecule has 1 amide bonds. The van der Waals surface area contributed by atoms with Gasteiger partial charge in [-0.3, -0.25) is 4.79 Å². The molecule has 5 heteroatoms. The number of carbonyl (C=O) groups excluding carboxylic acids is 1. The maximum atomic E-state index is 12.1. The third-order valence-electron chi connectivity index (χ3n) is 3.49. The molecule has 23 heavy (non-hydrogen) atoms.